The SMILES string of the molecule is O=[SH](=O)OC(Cl)CCl. The molecule has 0 saturated heterocycles. The fraction of sp³-hybridized carbons (Fsp3) is 1.00. The summed E-state index contributed by atoms with van der Waals surface area (Å²) in [5.74, 6) is -0.0368. The van der Waals surface area contributed by atoms with Crippen LogP contribution in [0.25, 0.3) is 0 Å². The maximum absolute atomic E-state index is 9.64. The van der Waals surface area contributed by atoms with Crippen LogP contribution in [0.5, 0.6) is 0 Å². The van der Waals surface area contributed by atoms with Gasteiger partial charge in [-0.1, -0.05) is 11.6 Å². The van der Waals surface area contributed by atoms with Crippen LogP contribution in [0, 0.1) is 0 Å². The van der Waals surface area contributed by atoms with E-state index in [0.29, 0.717) is 0 Å². The molecule has 0 rings (SSSR count). The standard InChI is InChI=1S/C2H4Cl2O3S/c3-1-2(4)7-8(5)6/h2,8H,1H2. The van der Waals surface area contributed by atoms with Gasteiger partial charge in [0.1, 0.15) is 0 Å². The van der Waals surface area contributed by atoms with E-state index in [1.165, 1.54) is 0 Å². The third-order valence-corrected chi connectivity index (χ3v) is 1.55. The molecule has 0 aromatic rings. The Labute approximate surface area is 58.7 Å². The first-order chi connectivity index (χ1) is 3.66. The molecule has 0 bridgehead atoms. The monoisotopic (exact) mass is 178 g/mol. The van der Waals surface area contributed by atoms with Crippen LogP contribution in [-0.4, -0.2) is 19.9 Å². The van der Waals surface area contributed by atoms with E-state index >= 15 is 0 Å². The van der Waals surface area contributed by atoms with E-state index in [1.54, 1.807) is 0 Å². The van der Waals surface area contributed by atoms with Crippen LogP contribution in [0.1, 0.15) is 0 Å². The Balaban J connectivity index is 3.39. The molecular formula is C2H4Cl2O3S. The van der Waals surface area contributed by atoms with Crippen LogP contribution >= 0.6 is 23.2 Å². The largest absolute Gasteiger partial charge is 0.258 e. The van der Waals surface area contributed by atoms with E-state index < -0.39 is 16.5 Å². The molecule has 1 atom stereocenters. The van der Waals surface area contributed by atoms with Gasteiger partial charge in [0.15, 0.2) is 5.56 Å². The molecule has 1 unspecified atom stereocenters. The lowest BCUT2D eigenvalue weighted by Gasteiger charge is -1.96. The highest BCUT2D eigenvalue weighted by Crippen LogP contribution is 1.99. The maximum atomic E-state index is 9.64. The van der Waals surface area contributed by atoms with Crippen LogP contribution in [0.15, 0.2) is 0 Å². The fourth-order valence-corrected chi connectivity index (χ4v) is 0.729. The normalized spacial score (nSPS) is 14.4. The Morgan fingerprint density at radius 2 is 2.12 bits per heavy atom. The van der Waals surface area contributed by atoms with Gasteiger partial charge >= 0.3 is 0 Å². The van der Waals surface area contributed by atoms with Crippen molar-refractivity contribution in [2.45, 2.75) is 5.56 Å². The van der Waals surface area contributed by atoms with Gasteiger partial charge in [0.05, 0.1) is 5.88 Å². The Hall–Kier alpha value is 0.490. The summed E-state index contributed by atoms with van der Waals surface area (Å²) < 4.78 is 23.3. The third-order valence-electron chi connectivity index (χ3n) is 0.322. The minimum atomic E-state index is -2.86. The zero-order valence-electron chi connectivity index (χ0n) is 3.71. The Kier molecular flexibility index (Phi) is 4.64. The number of thiol groups is 1. The number of alkyl halides is 2. The maximum Gasteiger partial charge on any atom is 0.258 e. The summed E-state index contributed by atoms with van der Waals surface area (Å²) in [4.78, 5) is 0. The van der Waals surface area contributed by atoms with Crippen molar-refractivity contribution in [1.29, 1.82) is 0 Å². The Bertz CT molecular complexity index is 114. The quantitative estimate of drug-likeness (QED) is 0.501. The molecule has 3 nitrogen and oxygen atoms in total. The van der Waals surface area contributed by atoms with Crippen molar-refractivity contribution in [2.24, 2.45) is 0 Å². The average Bonchev–Trinajstić information content (AvgIpc) is 1.65. The molecule has 0 radical (unpaired) electrons. The first-order valence-corrected chi connectivity index (χ1v) is 3.74. The van der Waals surface area contributed by atoms with E-state index in [2.05, 4.69) is 4.18 Å². The van der Waals surface area contributed by atoms with Crippen molar-refractivity contribution in [3.05, 3.63) is 0 Å². The van der Waals surface area contributed by atoms with Crippen molar-refractivity contribution < 1.29 is 12.6 Å². The van der Waals surface area contributed by atoms with Crippen LogP contribution in [-0.2, 0) is 15.2 Å². The summed E-state index contributed by atoms with van der Waals surface area (Å²) in [6.45, 7) is 0. The molecule has 0 aromatic carbocycles. The zero-order chi connectivity index (χ0) is 6.57. The predicted molar refractivity (Wildman–Crippen MR) is 31.8 cm³/mol. The van der Waals surface area contributed by atoms with Crippen LogP contribution in [0.4, 0.5) is 0 Å². The summed E-state index contributed by atoms with van der Waals surface area (Å²) in [6.07, 6.45) is 0. The molecule has 0 spiro atoms. The van der Waals surface area contributed by atoms with Crippen molar-refractivity contribution in [3.63, 3.8) is 0 Å². The van der Waals surface area contributed by atoms with Crippen molar-refractivity contribution in [1.82, 2.24) is 0 Å². The molecule has 0 aliphatic carbocycles. The van der Waals surface area contributed by atoms with E-state index in [4.69, 9.17) is 23.2 Å². The van der Waals surface area contributed by atoms with E-state index in [9.17, 15) is 8.42 Å². The zero-order valence-corrected chi connectivity index (χ0v) is 6.12. The second kappa shape index (κ2) is 4.38. The van der Waals surface area contributed by atoms with Crippen LogP contribution in [0.2, 0.25) is 0 Å². The lowest BCUT2D eigenvalue weighted by molar-refractivity contribution is 0.321. The van der Waals surface area contributed by atoms with Crippen molar-refractivity contribution in [3.8, 4) is 0 Å². The van der Waals surface area contributed by atoms with Gasteiger partial charge in [-0.3, -0.25) is 4.18 Å². The second-order valence-electron chi connectivity index (χ2n) is 0.893. The highest BCUT2D eigenvalue weighted by Gasteiger charge is 2.00. The number of hydrogen-bond acceptors (Lipinski definition) is 3. The topological polar surface area (TPSA) is 43.4 Å². The molecular weight excluding hydrogens is 175 g/mol. The summed E-state index contributed by atoms with van der Waals surface area (Å²) in [5.41, 5.74) is -0.933. The smallest absolute Gasteiger partial charge is 0.251 e. The highest BCUT2D eigenvalue weighted by molar-refractivity contribution is 7.67. The lowest BCUT2D eigenvalue weighted by atomic mass is 10.9. The fourth-order valence-electron chi connectivity index (χ4n) is 0.122. The molecule has 0 saturated carbocycles. The van der Waals surface area contributed by atoms with E-state index in [0.717, 1.165) is 0 Å². The molecule has 6 heteroatoms. The number of halogens is 2. The van der Waals surface area contributed by atoms with Gasteiger partial charge in [-0.05, 0) is 0 Å². The van der Waals surface area contributed by atoms with Gasteiger partial charge in [0.2, 0.25) is 0 Å². The average molecular weight is 179 g/mol. The molecule has 0 aliphatic rings. The molecule has 0 N–H and O–H groups in total. The Morgan fingerprint density at radius 3 is 2.25 bits per heavy atom. The molecule has 0 aliphatic heterocycles. The second-order valence-corrected chi connectivity index (χ2v) is 2.35. The molecule has 50 valence electrons. The first-order valence-electron chi connectivity index (χ1n) is 1.68. The third kappa shape index (κ3) is 4.64. The predicted octanol–water partition coefficient (Wildman–Crippen LogP) is 0.333. The molecule has 8 heavy (non-hydrogen) atoms. The van der Waals surface area contributed by atoms with Gasteiger partial charge < -0.3 is 0 Å². The van der Waals surface area contributed by atoms with Gasteiger partial charge in [0.25, 0.3) is 11.0 Å². The number of rotatable bonds is 3. The molecule has 0 amide bonds. The highest BCUT2D eigenvalue weighted by atomic mass is 35.5. The minimum absolute atomic E-state index is 0.0368. The Morgan fingerprint density at radius 1 is 1.62 bits per heavy atom. The summed E-state index contributed by atoms with van der Waals surface area (Å²) >= 11 is 10.2. The van der Waals surface area contributed by atoms with Crippen LogP contribution < -0.4 is 0 Å². The summed E-state index contributed by atoms with van der Waals surface area (Å²) in [6, 6.07) is 0. The summed E-state index contributed by atoms with van der Waals surface area (Å²) in [5, 5.41) is 0. The lowest BCUT2D eigenvalue weighted by Crippen LogP contribution is -2.04. The van der Waals surface area contributed by atoms with Crippen molar-refractivity contribution >= 4 is 34.2 Å². The van der Waals surface area contributed by atoms with Gasteiger partial charge in [-0.2, -0.15) is 0 Å². The molecule has 0 heterocycles. The molecule has 0 aromatic heterocycles. The number of hydrogen-bond donors (Lipinski definition) is 1. The van der Waals surface area contributed by atoms with Gasteiger partial charge in [-0.15, -0.1) is 11.6 Å². The van der Waals surface area contributed by atoms with Crippen LogP contribution in [0.3, 0.4) is 0 Å². The van der Waals surface area contributed by atoms with Gasteiger partial charge in [0, 0.05) is 0 Å². The molecule has 0 fully saturated rings. The van der Waals surface area contributed by atoms with E-state index in [-0.39, 0.29) is 5.88 Å². The summed E-state index contributed by atoms with van der Waals surface area (Å²) in [7, 11) is -2.86. The first kappa shape index (κ1) is 8.49. The van der Waals surface area contributed by atoms with Gasteiger partial charge in [-0.25, -0.2) is 8.42 Å². The minimum Gasteiger partial charge on any atom is -0.251 e. The van der Waals surface area contributed by atoms with Crippen molar-refractivity contribution in [2.75, 3.05) is 5.88 Å². The van der Waals surface area contributed by atoms with E-state index in [1.807, 2.05) is 0 Å².